The second kappa shape index (κ2) is 7.75. The van der Waals surface area contributed by atoms with Crippen LogP contribution in [0.2, 0.25) is 0 Å². The lowest BCUT2D eigenvalue weighted by Gasteiger charge is -2.06. The van der Waals surface area contributed by atoms with Crippen molar-refractivity contribution in [2.45, 2.75) is 5.75 Å². The summed E-state index contributed by atoms with van der Waals surface area (Å²) in [6.45, 7) is 0. The summed E-state index contributed by atoms with van der Waals surface area (Å²) < 4.78 is 26.8. The first-order valence-electron chi connectivity index (χ1n) is 7.35. The first-order valence-corrected chi connectivity index (χ1v) is 8.84. The molecule has 1 aromatic heterocycles. The third-order valence-electron chi connectivity index (χ3n) is 3.23. The van der Waals surface area contributed by atoms with Gasteiger partial charge in [-0.25, -0.2) is 4.39 Å². The highest BCUT2D eigenvalue weighted by molar-refractivity contribution is 7.84. The van der Waals surface area contributed by atoms with Gasteiger partial charge in [-0.3, -0.25) is 9.00 Å². The van der Waals surface area contributed by atoms with Gasteiger partial charge in [-0.1, -0.05) is 24.3 Å². The average molecular weight is 359 g/mol. The number of halogens is 1. The first kappa shape index (κ1) is 16.9. The molecule has 3 aromatic rings. The summed E-state index contributed by atoms with van der Waals surface area (Å²) in [6.07, 6.45) is 0. The SMILES string of the molecule is O=C(C[S@](=O)Cc1nnnn1-c1ccccc1)Nc1cccc(F)c1. The highest BCUT2D eigenvalue weighted by Gasteiger charge is 2.15. The predicted octanol–water partition coefficient (Wildman–Crippen LogP) is 1.69. The lowest BCUT2D eigenvalue weighted by molar-refractivity contribution is -0.113. The maximum absolute atomic E-state index is 13.1. The van der Waals surface area contributed by atoms with Gasteiger partial charge in [0, 0.05) is 16.5 Å². The van der Waals surface area contributed by atoms with Gasteiger partial charge in [0.1, 0.15) is 11.6 Å². The van der Waals surface area contributed by atoms with Crippen LogP contribution in [0.25, 0.3) is 5.69 Å². The summed E-state index contributed by atoms with van der Waals surface area (Å²) in [5.41, 5.74) is 1.06. The fourth-order valence-corrected chi connectivity index (χ4v) is 3.10. The minimum atomic E-state index is -1.51. The van der Waals surface area contributed by atoms with Crippen LogP contribution in [0.1, 0.15) is 5.82 Å². The van der Waals surface area contributed by atoms with E-state index in [1.807, 2.05) is 30.3 Å². The average Bonchev–Trinajstić information content (AvgIpc) is 3.03. The number of para-hydroxylation sites is 1. The number of aromatic nitrogens is 4. The number of rotatable bonds is 6. The van der Waals surface area contributed by atoms with E-state index < -0.39 is 22.5 Å². The van der Waals surface area contributed by atoms with Crippen LogP contribution in [0.15, 0.2) is 54.6 Å². The maximum Gasteiger partial charge on any atom is 0.237 e. The van der Waals surface area contributed by atoms with Gasteiger partial charge in [0.25, 0.3) is 0 Å². The molecule has 7 nitrogen and oxygen atoms in total. The van der Waals surface area contributed by atoms with E-state index in [-0.39, 0.29) is 11.5 Å². The molecular formula is C16H14FN5O2S. The summed E-state index contributed by atoms with van der Waals surface area (Å²) in [5, 5.41) is 13.8. The maximum atomic E-state index is 13.1. The van der Waals surface area contributed by atoms with Crippen molar-refractivity contribution in [3.63, 3.8) is 0 Å². The van der Waals surface area contributed by atoms with Crippen molar-refractivity contribution in [1.29, 1.82) is 0 Å². The molecule has 0 fully saturated rings. The molecule has 25 heavy (non-hydrogen) atoms. The van der Waals surface area contributed by atoms with E-state index in [4.69, 9.17) is 0 Å². The van der Waals surface area contributed by atoms with Crippen molar-refractivity contribution < 1.29 is 13.4 Å². The van der Waals surface area contributed by atoms with Crippen LogP contribution in [0, 0.1) is 5.82 Å². The highest BCUT2D eigenvalue weighted by Crippen LogP contribution is 2.11. The van der Waals surface area contributed by atoms with Crippen LogP contribution in [0.3, 0.4) is 0 Å². The Morgan fingerprint density at radius 2 is 1.96 bits per heavy atom. The zero-order chi connectivity index (χ0) is 17.6. The lowest BCUT2D eigenvalue weighted by Crippen LogP contribution is -2.21. The summed E-state index contributed by atoms with van der Waals surface area (Å²) in [7, 11) is -1.51. The molecule has 3 rings (SSSR count). The Hall–Kier alpha value is -2.94. The van der Waals surface area contributed by atoms with Gasteiger partial charge in [0.15, 0.2) is 5.82 Å². The summed E-state index contributed by atoms with van der Waals surface area (Å²) >= 11 is 0. The quantitative estimate of drug-likeness (QED) is 0.723. The van der Waals surface area contributed by atoms with Crippen molar-refractivity contribution in [2.75, 3.05) is 11.1 Å². The molecule has 2 aromatic carbocycles. The van der Waals surface area contributed by atoms with E-state index in [9.17, 15) is 13.4 Å². The number of nitrogens with one attached hydrogen (secondary N) is 1. The molecule has 0 aliphatic heterocycles. The number of carbonyl (C=O) groups excluding carboxylic acids is 1. The number of hydrogen-bond donors (Lipinski definition) is 1. The van der Waals surface area contributed by atoms with Crippen molar-refractivity contribution in [2.24, 2.45) is 0 Å². The van der Waals surface area contributed by atoms with Gasteiger partial charge in [0.05, 0.1) is 11.4 Å². The predicted molar refractivity (Wildman–Crippen MR) is 90.9 cm³/mol. The number of anilines is 1. The van der Waals surface area contributed by atoms with Crippen LogP contribution in [-0.4, -0.2) is 36.1 Å². The topological polar surface area (TPSA) is 89.8 Å². The molecule has 1 N–H and O–H groups in total. The van der Waals surface area contributed by atoms with E-state index in [2.05, 4.69) is 20.8 Å². The molecule has 0 aliphatic rings. The second-order valence-corrected chi connectivity index (χ2v) is 6.59. The van der Waals surface area contributed by atoms with Crippen LogP contribution < -0.4 is 5.32 Å². The molecule has 0 saturated carbocycles. The van der Waals surface area contributed by atoms with E-state index in [0.29, 0.717) is 11.5 Å². The summed E-state index contributed by atoms with van der Waals surface area (Å²) in [5.74, 6) is -0.747. The minimum Gasteiger partial charge on any atom is -0.325 e. The largest absolute Gasteiger partial charge is 0.325 e. The number of carbonyl (C=O) groups is 1. The number of hydrogen-bond acceptors (Lipinski definition) is 5. The second-order valence-electron chi connectivity index (χ2n) is 5.13. The molecule has 1 amide bonds. The number of nitrogens with zero attached hydrogens (tertiary/aromatic N) is 4. The zero-order valence-electron chi connectivity index (χ0n) is 13.0. The summed E-state index contributed by atoms with van der Waals surface area (Å²) in [4.78, 5) is 11.9. The Labute approximate surface area is 145 Å². The smallest absolute Gasteiger partial charge is 0.237 e. The van der Waals surface area contributed by atoms with Crippen LogP contribution in [0.5, 0.6) is 0 Å². The van der Waals surface area contributed by atoms with Crippen LogP contribution in [-0.2, 0) is 21.3 Å². The van der Waals surface area contributed by atoms with E-state index in [0.717, 1.165) is 5.69 Å². The Kier molecular flexibility index (Phi) is 5.24. The third-order valence-corrected chi connectivity index (χ3v) is 4.39. The molecule has 0 bridgehead atoms. The summed E-state index contributed by atoms with van der Waals surface area (Å²) in [6, 6.07) is 14.7. The van der Waals surface area contributed by atoms with Gasteiger partial charge in [0.2, 0.25) is 5.91 Å². The molecule has 128 valence electrons. The Morgan fingerprint density at radius 3 is 2.72 bits per heavy atom. The number of benzene rings is 2. The Bertz CT molecular complexity index is 900. The van der Waals surface area contributed by atoms with Crippen LogP contribution >= 0.6 is 0 Å². The van der Waals surface area contributed by atoms with Gasteiger partial charge >= 0.3 is 0 Å². The van der Waals surface area contributed by atoms with Gasteiger partial charge in [-0.2, -0.15) is 4.68 Å². The number of tetrazole rings is 1. The standard InChI is InChI=1S/C16H14FN5O2S/c17-12-5-4-6-13(9-12)18-16(23)11-25(24)10-15-19-20-21-22(15)14-7-2-1-3-8-14/h1-9H,10-11H2,(H,18,23)/t25-/m1/s1. The van der Waals surface area contributed by atoms with Crippen molar-refractivity contribution in [3.05, 3.63) is 66.2 Å². The Balaban J connectivity index is 1.62. The first-order chi connectivity index (χ1) is 12.1. The molecule has 1 atom stereocenters. The van der Waals surface area contributed by atoms with Crippen molar-refractivity contribution >= 4 is 22.4 Å². The molecule has 0 unspecified atom stereocenters. The van der Waals surface area contributed by atoms with Gasteiger partial charge < -0.3 is 5.32 Å². The number of amides is 1. The Morgan fingerprint density at radius 1 is 1.16 bits per heavy atom. The minimum absolute atomic E-state index is 0.0263. The van der Waals surface area contributed by atoms with Gasteiger partial charge in [-0.05, 0) is 40.8 Å². The van der Waals surface area contributed by atoms with E-state index >= 15 is 0 Å². The molecule has 0 radical (unpaired) electrons. The van der Waals surface area contributed by atoms with E-state index in [1.165, 1.54) is 22.9 Å². The molecule has 0 spiro atoms. The molecule has 0 saturated heterocycles. The fourth-order valence-electron chi connectivity index (χ4n) is 2.17. The molecular weight excluding hydrogens is 345 g/mol. The lowest BCUT2D eigenvalue weighted by atomic mass is 10.3. The zero-order valence-corrected chi connectivity index (χ0v) is 13.8. The highest BCUT2D eigenvalue weighted by atomic mass is 32.2. The van der Waals surface area contributed by atoms with E-state index in [1.54, 1.807) is 6.07 Å². The normalized spacial score (nSPS) is 11.9. The molecule has 0 aliphatic carbocycles. The molecule has 1 heterocycles. The van der Waals surface area contributed by atoms with Crippen LogP contribution in [0.4, 0.5) is 10.1 Å². The van der Waals surface area contributed by atoms with Gasteiger partial charge in [-0.15, -0.1) is 5.10 Å². The molecule has 9 heteroatoms. The monoisotopic (exact) mass is 359 g/mol. The van der Waals surface area contributed by atoms with Crippen molar-refractivity contribution in [1.82, 2.24) is 20.2 Å². The fraction of sp³-hybridized carbons (Fsp3) is 0.125. The third kappa shape index (κ3) is 4.54. The van der Waals surface area contributed by atoms with Crippen molar-refractivity contribution in [3.8, 4) is 5.69 Å².